The first kappa shape index (κ1) is 25.0. The van der Waals surface area contributed by atoms with Crippen LogP contribution in [-0.4, -0.2) is 70.7 Å². The topological polar surface area (TPSA) is 120 Å². The van der Waals surface area contributed by atoms with Crippen LogP contribution in [0, 0.1) is 5.82 Å². The molecule has 35 heavy (non-hydrogen) atoms. The summed E-state index contributed by atoms with van der Waals surface area (Å²) in [5, 5.41) is 30.1. The van der Waals surface area contributed by atoms with Crippen LogP contribution in [0.3, 0.4) is 0 Å². The largest absolute Gasteiger partial charge is 0.497 e. The summed E-state index contributed by atoms with van der Waals surface area (Å²) in [6, 6.07) is 8.21. The van der Waals surface area contributed by atoms with Gasteiger partial charge in [-0.25, -0.2) is 9.18 Å². The summed E-state index contributed by atoms with van der Waals surface area (Å²) in [5.41, 5.74) is -0.202. The van der Waals surface area contributed by atoms with Crippen LogP contribution in [0.4, 0.5) is 14.9 Å². The Balaban J connectivity index is 1.59. The van der Waals surface area contributed by atoms with Gasteiger partial charge in [0.05, 0.1) is 25.9 Å². The van der Waals surface area contributed by atoms with Crippen molar-refractivity contribution in [1.82, 2.24) is 4.90 Å². The fourth-order valence-corrected chi connectivity index (χ4v) is 4.63. The zero-order valence-corrected chi connectivity index (χ0v) is 19.8. The van der Waals surface area contributed by atoms with Gasteiger partial charge in [-0.2, -0.15) is 0 Å². The molecule has 188 valence electrons. The highest BCUT2D eigenvalue weighted by Crippen LogP contribution is 2.43. The first-order chi connectivity index (χ1) is 16.6. The number of likely N-dealkylation sites (tertiary alicyclic amines) is 1. The Morgan fingerprint density at radius 1 is 1.29 bits per heavy atom. The first-order valence-corrected chi connectivity index (χ1v) is 11.5. The lowest BCUT2D eigenvalue weighted by molar-refractivity contribution is -0.132. The minimum absolute atomic E-state index is 0.0173. The number of halogens is 2. The molecule has 0 spiro atoms. The molecule has 0 unspecified atom stereocenters. The number of carboxylic acid groups (broad SMARTS) is 1. The van der Waals surface area contributed by atoms with E-state index in [1.807, 2.05) is 0 Å². The third kappa shape index (κ3) is 5.00. The summed E-state index contributed by atoms with van der Waals surface area (Å²) in [6.07, 6.45) is -2.21. The summed E-state index contributed by atoms with van der Waals surface area (Å²) in [7, 11) is 1.55. The molecule has 2 atom stereocenters. The third-order valence-corrected chi connectivity index (χ3v) is 6.85. The van der Waals surface area contributed by atoms with E-state index in [2.05, 4.69) is 0 Å². The molecule has 2 heterocycles. The van der Waals surface area contributed by atoms with Crippen LogP contribution in [0.1, 0.15) is 24.0 Å². The molecule has 2 aromatic rings. The number of aliphatic hydroxyl groups is 2. The number of amides is 2. The summed E-state index contributed by atoms with van der Waals surface area (Å²) < 4.78 is 25.8. The van der Waals surface area contributed by atoms with E-state index in [1.165, 1.54) is 4.90 Å². The van der Waals surface area contributed by atoms with Gasteiger partial charge in [0.1, 0.15) is 40.7 Å². The normalized spacial score (nSPS) is 22.1. The van der Waals surface area contributed by atoms with E-state index >= 15 is 0 Å². The number of anilines is 1. The Bertz CT molecular complexity index is 1130. The van der Waals surface area contributed by atoms with Gasteiger partial charge in [0.2, 0.25) is 5.91 Å². The minimum Gasteiger partial charge on any atom is -0.497 e. The molecule has 9 nitrogen and oxygen atoms in total. The van der Waals surface area contributed by atoms with E-state index < -0.39 is 23.6 Å². The molecule has 0 aliphatic carbocycles. The number of hydrogen-bond acceptors (Lipinski definition) is 6. The molecule has 2 aliphatic heterocycles. The summed E-state index contributed by atoms with van der Waals surface area (Å²) in [6.45, 7) is -0.483. The van der Waals surface area contributed by atoms with Crippen molar-refractivity contribution in [3.63, 3.8) is 0 Å². The Morgan fingerprint density at radius 2 is 2.00 bits per heavy atom. The number of carbonyl (C=O) groups is 2. The van der Waals surface area contributed by atoms with Crippen molar-refractivity contribution >= 4 is 29.3 Å². The molecule has 11 heteroatoms. The van der Waals surface area contributed by atoms with E-state index in [0.29, 0.717) is 11.3 Å². The first-order valence-electron chi connectivity index (χ1n) is 11.1. The number of rotatable bonds is 6. The van der Waals surface area contributed by atoms with Gasteiger partial charge < -0.3 is 34.6 Å². The molecule has 3 N–H and O–H groups in total. The average molecular weight is 509 g/mol. The summed E-state index contributed by atoms with van der Waals surface area (Å²) in [4.78, 5) is 26.4. The number of carbonyl (C=O) groups excluding carboxylic acids is 1. The number of β-amino-alcohol motifs (C(OH)–C–C–N with tert-alkyl or cyclic N) is 1. The zero-order valence-electron chi connectivity index (χ0n) is 19.0. The Labute approximate surface area is 206 Å². The molecule has 0 aromatic heterocycles. The molecule has 2 aliphatic rings. The van der Waals surface area contributed by atoms with E-state index in [-0.39, 0.29) is 67.9 Å². The van der Waals surface area contributed by atoms with Crippen molar-refractivity contribution in [2.24, 2.45) is 0 Å². The lowest BCUT2D eigenvalue weighted by Gasteiger charge is -2.41. The van der Waals surface area contributed by atoms with E-state index in [9.17, 15) is 24.2 Å². The second-order valence-corrected chi connectivity index (χ2v) is 9.09. The van der Waals surface area contributed by atoms with Crippen molar-refractivity contribution < 1.29 is 38.8 Å². The highest BCUT2D eigenvalue weighted by molar-refractivity contribution is 6.34. The lowest BCUT2D eigenvalue weighted by Crippen LogP contribution is -2.59. The van der Waals surface area contributed by atoms with Crippen molar-refractivity contribution in [3.8, 4) is 11.5 Å². The van der Waals surface area contributed by atoms with Crippen LogP contribution in [0.25, 0.3) is 0 Å². The van der Waals surface area contributed by atoms with Crippen molar-refractivity contribution in [2.45, 2.75) is 37.5 Å². The van der Waals surface area contributed by atoms with Crippen molar-refractivity contribution in [2.75, 3.05) is 31.7 Å². The predicted molar refractivity (Wildman–Crippen MR) is 125 cm³/mol. The van der Waals surface area contributed by atoms with Crippen molar-refractivity contribution in [3.05, 3.63) is 52.3 Å². The quantitative estimate of drug-likeness (QED) is 0.549. The molecular formula is C24H26ClFN2O7. The smallest absolute Gasteiger partial charge is 0.407 e. The average Bonchev–Trinajstić information content (AvgIpc) is 2.84. The van der Waals surface area contributed by atoms with Gasteiger partial charge >= 0.3 is 6.09 Å². The third-order valence-electron chi connectivity index (χ3n) is 6.49. The maximum atomic E-state index is 14.8. The fourth-order valence-electron chi connectivity index (χ4n) is 4.36. The second kappa shape index (κ2) is 9.88. The number of hydrogen-bond donors (Lipinski definition) is 3. The van der Waals surface area contributed by atoms with Gasteiger partial charge in [0.15, 0.2) is 0 Å². The van der Waals surface area contributed by atoms with E-state index in [1.54, 1.807) is 31.4 Å². The predicted octanol–water partition coefficient (Wildman–Crippen LogP) is 2.82. The Kier molecular flexibility index (Phi) is 7.07. The minimum atomic E-state index is -1.72. The number of benzene rings is 2. The highest BCUT2D eigenvalue weighted by atomic mass is 35.5. The standard InChI is InChI=1S/C24H26ClFN2O7/c1-34-15-4-2-14(3-5-15)11-28-20(30)7-6-16-18(10-17(26)21(25)22(16)28)35-13-24(33)8-9-27(23(31)32)12-19(24)29/h2-5,10,19,29,33H,6-9,11-13H2,1H3,(H,31,32)/t19-,24-/m1/s1. The number of nitrogens with zero attached hydrogens (tertiary/aromatic N) is 2. The number of ether oxygens (including phenoxy) is 2. The molecule has 4 rings (SSSR count). The van der Waals surface area contributed by atoms with Gasteiger partial charge in [0.25, 0.3) is 0 Å². The molecule has 1 fully saturated rings. The van der Waals surface area contributed by atoms with Crippen molar-refractivity contribution in [1.29, 1.82) is 0 Å². The van der Waals surface area contributed by atoms with E-state index in [4.69, 9.17) is 26.2 Å². The van der Waals surface area contributed by atoms with E-state index in [0.717, 1.165) is 16.5 Å². The van der Waals surface area contributed by atoms with Crippen LogP contribution in [0.2, 0.25) is 5.02 Å². The van der Waals surface area contributed by atoms with Crippen LogP contribution in [0.5, 0.6) is 11.5 Å². The molecule has 0 radical (unpaired) electrons. The molecule has 2 aromatic carbocycles. The zero-order chi connectivity index (χ0) is 25.3. The molecule has 0 bridgehead atoms. The molecule has 0 saturated carbocycles. The van der Waals surface area contributed by atoms with Gasteiger partial charge in [-0.05, 0) is 30.5 Å². The fraction of sp³-hybridized carbons (Fsp3) is 0.417. The summed E-state index contributed by atoms with van der Waals surface area (Å²) >= 11 is 6.31. The molecule has 1 saturated heterocycles. The number of fused-ring (bicyclic) bond motifs is 1. The van der Waals surface area contributed by atoms with Crippen LogP contribution < -0.4 is 14.4 Å². The monoisotopic (exact) mass is 508 g/mol. The van der Waals surface area contributed by atoms with Crippen LogP contribution in [-0.2, 0) is 17.8 Å². The number of methoxy groups -OCH3 is 1. The highest BCUT2D eigenvalue weighted by Gasteiger charge is 2.43. The van der Waals surface area contributed by atoms with Crippen LogP contribution >= 0.6 is 11.6 Å². The second-order valence-electron chi connectivity index (χ2n) is 8.71. The molecule has 2 amide bonds. The lowest BCUT2D eigenvalue weighted by atomic mass is 9.89. The SMILES string of the molecule is COc1ccc(CN2C(=O)CCc3c(OC[C@]4(O)CCN(C(=O)O)C[C@H]4O)cc(F)c(Cl)c32)cc1. The van der Waals surface area contributed by atoms with Gasteiger partial charge in [-0.15, -0.1) is 0 Å². The summed E-state index contributed by atoms with van der Waals surface area (Å²) in [5.74, 6) is -0.242. The Hall–Kier alpha value is -3.08. The van der Waals surface area contributed by atoms with Crippen LogP contribution in [0.15, 0.2) is 30.3 Å². The molecular weight excluding hydrogens is 483 g/mol. The van der Waals surface area contributed by atoms with Gasteiger partial charge in [-0.3, -0.25) is 4.79 Å². The van der Waals surface area contributed by atoms with Gasteiger partial charge in [0, 0.05) is 24.6 Å². The maximum absolute atomic E-state index is 14.8. The number of aliphatic hydroxyl groups excluding tert-OH is 1. The number of piperidine rings is 1. The maximum Gasteiger partial charge on any atom is 0.407 e. The van der Waals surface area contributed by atoms with Gasteiger partial charge in [-0.1, -0.05) is 23.7 Å². The Morgan fingerprint density at radius 3 is 2.63 bits per heavy atom.